The number of hydrogen-bond acceptors (Lipinski definition) is 4. The largest absolute Gasteiger partial charge is 0.382 e. The molecule has 7 nitrogen and oxygen atoms in total. The first-order valence-electron chi connectivity index (χ1n) is 9.83. The quantitative estimate of drug-likeness (QED) is 0.338. The highest BCUT2D eigenvalue weighted by Crippen LogP contribution is 2.28. The number of aromatic nitrogens is 2. The fourth-order valence-corrected chi connectivity index (χ4v) is 3.74. The summed E-state index contributed by atoms with van der Waals surface area (Å²) in [4.78, 5) is 12.2. The normalized spacial score (nSPS) is 11.6. The third-order valence-electron chi connectivity index (χ3n) is 4.84. The van der Waals surface area contributed by atoms with E-state index < -0.39 is 17.9 Å². The summed E-state index contributed by atoms with van der Waals surface area (Å²) in [6.07, 6.45) is 0.995. The summed E-state index contributed by atoms with van der Waals surface area (Å²) < 4.78 is 15.2. The van der Waals surface area contributed by atoms with E-state index in [0.717, 1.165) is 5.69 Å². The lowest BCUT2D eigenvalue weighted by Gasteiger charge is -2.17. The van der Waals surface area contributed by atoms with Gasteiger partial charge in [-0.25, -0.2) is 13.9 Å². The van der Waals surface area contributed by atoms with Gasteiger partial charge in [-0.15, -0.1) is 0 Å². The summed E-state index contributed by atoms with van der Waals surface area (Å²) in [7, 11) is 0. The molecule has 0 fully saturated rings. The maximum atomic E-state index is 13.7. The van der Waals surface area contributed by atoms with Crippen molar-refractivity contribution in [3.05, 3.63) is 75.1 Å². The molecular formula is C22H21Cl2FN6O. The molecule has 166 valence electrons. The number of carbonyl (C=O) groups excluding carboxylic acids is 1. The number of amides is 2. The number of anilines is 1. The highest BCUT2D eigenvalue weighted by molar-refractivity contribution is 6.35. The molecule has 0 aliphatic rings. The van der Waals surface area contributed by atoms with Crippen molar-refractivity contribution in [2.75, 3.05) is 12.3 Å². The molecule has 10 heteroatoms. The Morgan fingerprint density at radius 2 is 2.00 bits per heavy atom. The van der Waals surface area contributed by atoms with Crippen LogP contribution in [0.2, 0.25) is 10.0 Å². The molecule has 3 rings (SSSR count). The number of nitrogens with two attached hydrogens (primary N) is 1. The van der Waals surface area contributed by atoms with Crippen molar-refractivity contribution >= 4 is 35.1 Å². The SMILES string of the molecule is CC(NC(=O)NCCCc1nn(-c2ccccc2)c(N)c1C#N)c1cc(F)c(Cl)cc1Cl. The number of carbonyl (C=O) groups is 1. The van der Waals surface area contributed by atoms with Crippen LogP contribution in [-0.2, 0) is 6.42 Å². The molecule has 0 saturated carbocycles. The maximum absolute atomic E-state index is 13.7. The van der Waals surface area contributed by atoms with Crippen molar-refractivity contribution in [3.63, 3.8) is 0 Å². The molecule has 0 spiro atoms. The predicted molar refractivity (Wildman–Crippen MR) is 122 cm³/mol. The van der Waals surface area contributed by atoms with Crippen LogP contribution in [0.25, 0.3) is 5.69 Å². The van der Waals surface area contributed by atoms with Crippen LogP contribution >= 0.6 is 23.2 Å². The molecule has 2 aromatic carbocycles. The number of nitrogen functional groups attached to an aromatic ring is 1. The Hall–Kier alpha value is -3.28. The summed E-state index contributed by atoms with van der Waals surface area (Å²) in [6, 6.07) is 12.9. The van der Waals surface area contributed by atoms with Gasteiger partial charge in [0, 0.05) is 11.6 Å². The Kier molecular flexibility index (Phi) is 7.57. The molecule has 0 radical (unpaired) electrons. The number of hydrogen-bond donors (Lipinski definition) is 3. The van der Waals surface area contributed by atoms with E-state index in [4.69, 9.17) is 28.9 Å². The van der Waals surface area contributed by atoms with Crippen molar-refractivity contribution in [1.29, 1.82) is 5.26 Å². The third kappa shape index (κ3) is 5.31. The summed E-state index contributed by atoms with van der Waals surface area (Å²) in [5.74, 6) is -0.331. The maximum Gasteiger partial charge on any atom is 0.315 e. The summed E-state index contributed by atoms with van der Waals surface area (Å²) in [5.41, 5.74) is 8.16. The van der Waals surface area contributed by atoms with Gasteiger partial charge >= 0.3 is 6.03 Å². The number of nitriles is 1. The van der Waals surface area contributed by atoms with Gasteiger partial charge in [-0.2, -0.15) is 10.4 Å². The second-order valence-electron chi connectivity index (χ2n) is 7.08. The number of para-hydroxylation sites is 1. The van der Waals surface area contributed by atoms with E-state index in [9.17, 15) is 14.4 Å². The van der Waals surface area contributed by atoms with E-state index in [-0.39, 0.29) is 15.9 Å². The van der Waals surface area contributed by atoms with Gasteiger partial charge in [0.1, 0.15) is 23.3 Å². The van der Waals surface area contributed by atoms with E-state index in [2.05, 4.69) is 21.8 Å². The number of benzene rings is 2. The van der Waals surface area contributed by atoms with E-state index in [1.54, 1.807) is 6.92 Å². The highest BCUT2D eigenvalue weighted by Gasteiger charge is 2.17. The molecule has 1 atom stereocenters. The predicted octanol–water partition coefficient (Wildman–Crippen LogP) is 4.77. The van der Waals surface area contributed by atoms with Crippen molar-refractivity contribution in [1.82, 2.24) is 20.4 Å². The Labute approximate surface area is 194 Å². The minimum absolute atomic E-state index is 0.0810. The standard InChI is InChI=1S/C22H21Cl2FN6O/c1-13(15-10-19(25)18(24)11-17(15)23)29-22(32)28-9-5-8-20-16(12-26)21(27)31(30-20)14-6-3-2-4-7-14/h2-4,6-7,10-11,13H,5,8-9,27H2,1H3,(H2,28,29,32). The van der Waals surface area contributed by atoms with Crippen molar-refractivity contribution in [2.45, 2.75) is 25.8 Å². The first-order chi connectivity index (χ1) is 15.3. The number of rotatable bonds is 7. The van der Waals surface area contributed by atoms with Gasteiger partial charge in [0.15, 0.2) is 0 Å². The molecule has 0 bridgehead atoms. The average Bonchev–Trinajstić information content (AvgIpc) is 3.09. The van der Waals surface area contributed by atoms with Crippen molar-refractivity contribution in [3.8, 4) is 11.8 Å². The van der Waals surface area contributed by atoms with E-state index in [0.29, 0.717) is 36.2 Å². The molecule has 4 N–H and O–H groups in total. The lowest BCUT2D eigenvalue weighted by molar-refractivity contribution is 0.238. The van der Waals surface area contributed by atoms with Crippen LogP contribution in [0.5, 0.6) is 0 Å². The van der Waals surface area contributed by atoms with Gasteiger partial charge in [0.25, 0.3) is 0 Å². The number of nitrogens with zero attached hydrogens (tertiary/aromatic N) is 3. The lowest BCUT2D eigenvalue weighted by atomic mass is 10.1. The van der Waals surface area contributed by atoms with Crippen molar-refractivity contribution < 1.29 is 9.18 Å². The van der Waals surface area contributed by atoms with E-state index >= 15 is 0 Å². The van der Waals surface area contributed by atoms with Gasteiger partial charge in [0.05, 0.1) is 22.4 Å². The smallest absolute Gasteiger partial charge is 0.315 e. The topological polar surface area (TPSA) is 109 Å². The Morgan fingerprint density at radius 1 is 1.28 bits per heavy atom. The first-order valence-corrected chi connectivity index (χ1v) is 10.6. The van der Waals surface area contributed by atoms with Gasteiger partial charge in [-0.3, -0.25) is 0 Å². The molecule has 0 aliphatic heterocycles. The molecule has 0 saturated heterocycles. The molecular weight excluding hydrogens is 454 g/mol. The Morgan fingerprint density at radius 3 is 2.69 bits per heavy atom. The number of aryl methyl sites for hydroxylation is 1. The molecule has 1 heterocycles. The van der Waals surface area contributed by atoms with Gasteiger partial charge in [-0.05, 0) is 49.6 Å². The third-order valence-corrected chi connectivity index (χ3v) is 5.45. The first kappa shape index (κ1) is 23.4. The molecule has 1 aromatic heterocycles. The Bertz CT molecular complexity index is 1160. The summed E-state index contributed by atoms with van der Waals surface area (Å²) in [5, 5.41) is 19.5. The van der Waals surface area contributed by atoms with E-state index in [1.165, 1.54) is 16.8 Å². The number of urea groups is 1. The van der Waals surface area contributed by atoms with Crippen LogP contribution in [0.3, 0.4) is 0 Å². The Balaban J connectivity index is 1.55. The molecule has 3 aromatic rings. The zero-order chi connectivity index (χ0) is 23.3. The minimum atomic E-state index is -0.609. The zero-order valence-corrected chi connectivity index (χ0v) is 18.7. The van der Waals surface area contributed by atoms with Gasteiger partial charge < -0.3 is 16.4 Å². The minimum Gasteiger partial charge on any atom is -0.382 e. The lowest BCUT2D eigenvalue weighted by Crippen LogP contribution is -2.37. The van der Waals surface area contributed by atoms with Crippen LogP contribution < -0.4 is 16.4 Å². The van der Waals surface area contributed by atoms with E-state index in [1.807, 2.05) is 30.3 Å². The van der Waals surface area contributed by atoms with Crippen LogP contribution in [0.1, 0.15) is 36.2 Å². The van der Waals surface area contributed by atoms with Crippen LogP contribution in [0, 0.1) is 17.1 Å². The summed E-state index contributed by atoms with van der Waals surface area (Å²) >= 11 is 11.8. The van der Waals surface area contributed by atoms with Crippen LogP contribution in [0.15, 0.2) is 42.5 Å². The van der Waals surface area contributed by atoms with Crippen LogP contribution in [-0.4, -0.2) is 22.4 Å². The number of nitrogens with one attached hydrogen (secondary N) is 2. The molecule has 0 aliphatic carbocycles. The molecule has 32 heavy (non-hydrogen) atoms. The summed E-state index contributed by atoms with van der Waals surface area (Å²) in [6.45, 7) is 2.02. The monoisotopic (exact) mass is 474 g/mol. The fourth-order valence-electron chi connectivity index (χ4n) is 3.19. The van der Waals surface area contributed by atoms with Crippen molar-refractivity contribution in [2.24, 2.45) is 0 Å². The van der Waals surface area contributed by atoms with Gasteiger partial charge in [-0.1, -0.05) is 41.4 Å². The fraction of sp³-hybridized carbons (Fsp3) is 0.227. The highest BCUT2D eigenvalue weighted by atomic mass is 35.5. The number of halogens is 3. The second-order valence-corrected chi connectivity index (χ2v) is 7.89. The second kappa shape index (κ2) is 10.4. The zero-order valence-electron chi connectivity index (χ0n) is 17.2. The van der Waals surface area contributed by atoms with Gasteiger partial charge in [0.2, 0.25) is 0 Å². The average molecular weight is 475 g/mol. The molecule has 1 unspecified atom stereocenters. The molecule has 2 amide bonds. The van der Waals surface area contributed by atoms with Crippen LogP contribution in [0.4, 0.5) is 15.0 Å².